The first-order valence-electron chi connectivity index (χ1n) is 10.5. The first kappa shape index (κ1) is 20.6. The van der Waals surface area contributed by atoms with Gasteiger partial charge in [-0.1, -0.05) is 49.6 Å². The van der Waals surface area contributed by atoms with E-state index in [4.69, 9.17) is 5.73 Å². The van der Waals surface area contributed by atoms with Crippen molar-refractivity contribution in [2.75, 3.05) is 25.9 Å². The number of hydrogen-bond donors (Lipinski definition) is 2. The van der Waals surface area contributed by atoms with Gasteiger partial charge in [0.2, 0.25) is 0 Å². The number of nitrogens with one attached hydrogen (secondary N) is 1. The molecule has 150 valence electrons. The van der Waals surface area contributed by atoms with Crippen molar-refractivity contribution in [3.05, 3.63) is 65.2 Å². The molecule has 4 nitrogen and oxygen atoms in total. The van der Waals surface area contributed by atoms with Crippen LogP contribution < -0.4 is 11.1 Å². The van der Waals surface area contributed by atoms with Crippen molar-refractivity contribution in [1.29, 1.82) is 0 Å². The predicted molar refractivity (Wildman–Crippen MR) is 117 cm³/mol. The molecule has 0 bridgehead atoms. The van der Waals surface area contributed by atoms with Crippen molar-refractivity contribution in [2.24, 2.45) is 0 Å². The summed E-state index contributed by atoms with van der Waals surface area (Å²) in [7, 11) is 2.26. The Morgan fingerprint density at radius 1 is 1.07 bits per heavy atom. The first-order chi connectivity index (χ1) is 13.6. The van der Waals surface area contributed by atoms with Gasteiger partial charge in [-0.05, 0) is 63.2 Å². The molecule has 1 aliphatic rings. The number of carbonyl (C=O) groups excluding carboxylic acids is 1. The maximum atomic E-state index is 12.6. The molecule has 0 aliphatic heterocycles. The van der Waals surface area contributed by atoms with Gasteiger partial charge in [-0.15, -0.1) is 0 Å². The second-order valence-electron chi connectivity index (χ2n) is 7.91. The van der Waals surface area contributed by atoms with Crippen molar-refractivity contribution in [3.8, 4) is 0 Å². The van der Waals surface area contributed by atoms with E-state index in [1.807, 2.05) is 48.5 Å². The minimum Gasteiger partial charge on any atom is -0.398 e. The molecule has 0 radical (unpaired) electrons. The Balaban J connectivity index is 1.47. The number of ketones is 1. The summed E-state index contributed by atoms with van der Waals surface area (Å²) in [5.74, 6) is 0.0379. The molecule has 2 aromatic carbocycles. The van der Waals surface area contributed by atoms with Gasteiger partial charge >= 0.3 is 0 Å². The molecule has 0 amide bonds. The Morgan fingerprint density at radius 2 is 1.82 bits per heavy atom. The molecule has 0 saturated heterocycles. The van der Waals surface area contributed by atoms with Crippen LogP contribution in [0.2, 0.25) is 0 Å². The lowest BCUT2D eigenvalue weighted by Crippen LogP contribution is -2.35. The van der Waals surface area contributed by atoms with Gasteiger partial charge in [0.15, 0.2) is 5.78 Å². The van der Waals surface area contributed by atoms with Crippen LogP contribution in [0.15, 0.2) is 48.5 Å². The lowest BCUT2D eigenvalue weighted by molar-refractivity contribution is 0.103. The molecule has 3 rings (SSSR count). The Kier molecular flexibility index (Phi) is 7.63. The number of anilines is 1. The van der Waals surface area contributed by atoms with Crippen LogP contribution in [0.4, 0.5) is 5.69 Å². The topological polar surface area (TPSA) is 58.4 Å². The average molecular weight is 380 g/mol. The van der Waals surface area contributed by atoms with Crippen molar-refractivity contribution in [2.45, 2.75) is 51.1 Å². The third-order valence-electron chi connectivity index (χ3n) is 5.82. The summed E-state index contributed by atoms with van der Waals surface area (Å²) in [4.78, 5) is 15.2. The monoisotopic (exact) mass is 379 g/mol. The number of rotatable bonds is 9. The Bertz CT molecular complexity index is 754. The van der Waals surface area contributed by atoms with E-state index < -0.39 is 0 Å². The smallest absolute Gasteiger partial charge is 0.193 e. The quantitative estimate of drug-likeness (QED) is 0.389. The van der Waals surface area contributed by atoms with Crippen molar-refractivity contribution < 1.29 is 4.79 Å². The average Bonchev–Trinajstić information content (AvgIpc) is 2.75. The molecule has 0 heterocycles. The van der Waals surface area contributed by atoms with E-state index >= 15 is 0 Å². The fourth-order valence-corrected chi connectivity index (χ4v) is 4.04. The van der Waals surface area contributed by atoms with E-state index in [1.54, 1.807) is 0 Å². The Labute approximate surface area is 169 Å². The van der Waals surface area contributed by atoms with Crippen LogP contribution in [0.3, 0.4) is 0 Å². The summed E-state index contributed by atoms with van der Waals surface area (Å²) >= 11 is 0. The fraction of sp³-hybridized carbons (Fsp3) is 0.458. The summed E-state index contributed by atoms with van der Waals surface area (Å²) in [6.45, 7) is 2.77. The van der Waals surface area contributed by atoms with E-state index in [2.05, 4.69) is 17.3 Å². The van der Waals surface area contributed by atoms with Crippen LogP contribution in [0.5, 0.6) is 0 Å². The van der Waals surface area contributed by atoms with Crippen LogP contribution in [-0.4, -0.2) is 36.9 Å². The number of nitrogens with two attached hydrogens (primary N) is 1. The van der Waals surface area contributed by atoms with Gasteiger partial charge in [-0.3, -0.25) is 4.79 Å². The van der Waals surface area contributed by atoms with E-state index in [9.17, 15) is 4.79 Å². The molecule has 0 atom stereocenters. The molecule has 0 unspecified atom stereocenters. The standard InChI is InChI=1S/C24H33N3O/c1-27(22-11-6-3-7-12-22)16-8-15-26-18-21-17-20(13-14-23(21)25)24(28)19-9-4-2-5-10-19/h2,4-5,9-10,13-14,17,22,26H,3,6-8,11-12,15-16,18,25H2,1H3. The van der Waals surface area contributed by atoms with Gasteiger partial charge in [0.25, 0.3) is 0 Å². The highest BCUT2D eigenvalue weighted by molar-refractivity contribution is 6.09. The molecule has 3 N–H and O–H groups in total. The van der Waals surface area contributed by atoms with Gasteiger partial charge in [0.1, 0.15) is 0 Å². The molecule has 0 aromatic heterocycles. The Hall–Kier alpha value is -2.17. The molecule has 28 heavy (non-hydrogen) atoms. The second-order valence-corrected chi connectivity index (χ2v) is 7.91. The summed E-state index contributed by atoms with van der Waals surface area (Å²) in [5.41, 5.74) is 9.24. The number of carbonyl (C=O) groups is 1. The van der Waals surface area contributed by atoms with Crippen LogP contribution in [0, 0.1) is 0 Å². The molecule has 1 fully saturated rings. The van der Waals surface area contributed by atoms with Gasteiger partial charge in [-0.2, -0.15) is 0 Å². The maximum absolute atomic E-state index is 12.6. The predicted octanol–water partition coefficient (Wildman–Crippen LogP) is 4.24. The first-order valence-corrected chi connectivity index (χ1v) is 10.5. The molecular formula is C24H33N3O. The van der Waals surface area contributed by atoms with Crippen LogP contribution >= 0.6 is 0 Å². The Morgan fingerprint density at radius 3 is 2.57 bits per heavy atom. The van der Waals surface area contributed by atoms with Crippen molar-refractivity contribution in [1.82, 2.24) is 10.2 Å². The van der Waals surface area contributed by atoms with Crippen molar-refractivity contribution in [3.63, 3.8) is 0 Å². The third-order valence-corrected chi connectivity index (χ3v) is 5.82. The highest BCUT2D eigenvalue weighted by Crippen LogP contribution is 2.21. The van der Waals surface area contributed by atoms with E-state index in [0.29, 0.717) is 17.7 Å². The normalized spacial score (nSPS) is 15.1. The largest absolute Gasteiger partial charge is 0.398 e. The fourth-order valence-electron chi connectivity index (χ4n) is 4.04. The van der Waals surface area contributed by atoms with Crippen LogP contribution in [-0.2, 0) is 6.54 Å². The lowest BCUT2D eigenvalue weighted by atomic mass is 9.94. The second kappa shape index (κ2) is 10.4. The minimum absolute atomic E-state index is 0.0379. The van der Waals surface area contributed by atoms with E-state index in [-0.39, 0.29) is 5.78 Å². The lowest BCUT2D eigenvalue weighted by Gasteiger charge is -2.31. The summed E-state index contributed by atoms with van der Waals surface area (Å²) in [5, 5.41) is 3.49. The zero-order chi connectivity index (χ0) is 19.8. The summed E-state index contributed by atoms with van der Waals surface area (Å²) in [6.07, 6.45) is 7.98. The minimum atomic E-state index is 0.0379. The molecular weight excluding hydrogens is 346 g/mol. The molecule has 2 aromatic rings. The highest BCUT2D eigenvalue weighted by atomic mass is 16.1. The number of hydrogen-bond acceptors (Lipinski definition) is 4. The van der Waals surface area contributed by atoms with Gasteiger partial charge < -0.3 is 16.0 Å². The van der Waals surface area contributed by atoms with Gasteiger partial charge in [0, 0.05) is 29.4 Å². The zero-order valence-corrected chi connectivity index (χ0v) is 17.0. The highest BCUT2D eigenvalue weighted by Gasteiger charge is 2.17. The summed E-state index contributed by atoms with van der Waals surface area (Å²) < 4.78 is 0. The molecule has 1 aliphatic carbocycles. The molecule has 4 heteroatoms. The number of nitrogen functional groups attached to an aromatic ring is 1. The number of benzene rings is 2. The summed E-state index contributed by atoms with van der Waals surface area (Å²) in [6, 6.07) is 15.7. The van der Waals surface area contributed by atoms with Crippen LogP contribution in [0.25, 0.3) is 0 Å². The van der Waals surface area contributed by atoms with Gasteiger partial charge in [-0.25, -0.2) is 0 Å². The SMILES string of the molecule is CN(CCCNCc1cc(C(=O)c2ccccc2)ccc1N)C1CCCCC1. The van der Waals surface area contributed by atoms with Crippen molar-refractivity contribution >= 4 is 11.5 Å². The number of nitrogens with zero attached hydrogens (tertiary/aromatic N) is 1. The van der Waals surface area contributed by atoms with E-state index in [1.165, 1.54) is 32.1 Å². The molecule has 1 saturated carbocycles. The molecule has 0 spiro atoms. The maximum Gasteiger partial charge on any atom is 0.193 e. The zero-order valence-electron chi connectivity index (χ0n) is 17.0. The van der Waals surface area contributed by atoms with E-state index in [0.717, 1.165) is 36.8 Å². The van der Waals surface area contributed by atoms with Crippen LogP contribution in [0.1, 0.15) is 60.0 Å². The van der Waals surface area contributed by atoms with Gasteiger partial charge in [0.05, 0.1) is 0 Å². The third kappa shape index (κ3) is 5.66.